The van der Waals surface area contributed by atoms with Gasteiger partial charge in [0.25, 0.3) is 0 Å². The number of anilines is 2. The lowest BCUT2D eigenvalue weighted by atomic mass is 10.0. The number of aromatic nitrogens is 3. The van der Waals surface area contributed by atoms with E-state index in [1.807, 2.05) is 0 Å². The van der Waals surface area contributed by atoms with Crippen molar-refractivity contribution in [3.8, 4) is 11.3 Å². The summed E-state index contributed by atoms with van der Waals surface area (Å²) >= 11 is 3.45. The molecule has 14 heteroatoms. The minimum absolute atomic E-state index is 0.00880. The van der Waals surface area contributed by atoms with E-state index in [-0.39, 0.29) is 23.2 Å². The van der Waals surface area contributed by atoms with Gasteiger partial charge in [-0.25, -0.2) is 19.6 Å². The van der Waals surface area contributed by atoms with Crippen LogP contribution >= 0.6 is 15.9 Å². The van der Waals surface area contributed by atoms with Crippen LogP contribution in [0.1, 0.15) is 39.2 Å². The van der Waals surface area contributed by atoms with Crippen LogP contribution in [0.2, 0.25) is 0 Å². The second-order valence-corrected chi connectivity index (χ2v) is 11.2. The minimum Gasteiger partial charge on any atom is -0.452 e. The van der Waals surface area contributed by atoms with Gasteiger partial charge in [-0.1, -0.05) is 0 Å². The van der Waals surface area contributed by atoms with Gasteiger partial charge in [0.05, 0.1) is 28.5 Å². The molecular formula is C26H30BrF3N6O4. The van der Waals surface area contributed by atoms with Crippen molar-refractivity contribution in [2.24, 2.45) is 0 Å². The summed E-state index contributed by atoms with van der Waals surface area (Å²) in [5, 5.41) is 3.55. The van der Waals surface area contributed by atoms with Gasteiger partial charge >= 0.3 is 18.4 Å². The third-order valence-corrected chi connectivity index (χ3v) is 7.14. The second kappa shape index (κ2) is 11.1. The molecule has 0 saturated carbocycles. The van der Waals surface area contributed by atoms with Crippen LogP contribution < -0.4 is 10.2 Å². The molecule has 2 aromatic heterocycles. The smallest absolute Gasteiger partial charge is 0.419 e. The lowest BCUT2D eigenvalue weighted by Gasteiger charge is -2.34. The maximum absolute atomic E-state index is 14.0. The standard InChI is InChI=1S/C26H30BrF3N6O4/c1-25(2,3)40-24(38)36-10-6-7-14(13-36)33-22-32-12-17(26(28,29)30)20(34-22)16-11-31-21-15(16)8-9-18(19(21)27)35(4)23(37)39-5/h8-9,11-12,14,31H,6-7,10,13H2,1-5H3,(H,32,33,34)/t14-/m0/s1. The predicted molar refractivity (Wildman–Crippen MR) is 147 cm³/mol. The molecule has 1 aromatic carbocycles. The zero-order valence-corrected chi connectivity index (χ0v) is 24.2. The van der Waals surface area contributed by atoms with Crippen molar-refractivity contribution >= 4 is 50.7 Å². The normalized spacial score (nSPS) is 16.1. The van der Waals surface area contributed by atoms with Crippen LogP contribution in [-0.4, -0.2) is 70.9 Å². The Bertz CT molecular complexity index is 1420. The lowest BCUT2D eigenvalue weighted by Crippen LogP contribution is -2.47. The van der Waals surface area contributed by atoms with Gasteiger partial charge in [0, 0.05) is 49.5 Å². The molecule has 0 aliphatic carbocycles. The molecule has 10 nitrogen and oxygen atoms in total. The van der Waals surface area contributed by atoms with E-state index in [1.54, 1.807) is 37.8 Å². The van der Waals surface area contributed by atoms with Gasteiger partial charge < -0.3 is 24.7 Å². The number of benzene rings is 1. The number of aromatic amines is 1. The number of methoxy groups -OCH3 is 1. The number of carbonyl (C=O) groups excluding carboxylic acids is 2. The van der Waals surface area contributed by atoms with E-state index in [9.17, 15) is 22.8 Å². The zero-order chi connectivity index (χ0) is 29.4. The fraction of sp³-hybridized carbons (Fsp3) is 0.462. The Labute approximate surface area is 237 Å². The molecule has 2 N–H and O–H groups in total. The molecule has 216 valence electrons. The first-order valence-corrected chi connectivity index (χ1v) is 13.3. The first-order chi connectivity index (χ1) is 18.7. The summed E-state index contributed by atoms with van der Waals surface area (Å²) in [4.78, 5) is 38.6. The second-order valence-electron chi connectivity index (χ2n) is 10.4. The number of nitrogens with one attached hydrogen (secondary N) is 2. The van der Waals surface area contributed by atoms with E-state index in [0.717, 1.165) is 6.20 Å². The molecule has 1 aliphatic heterocycles. The maximum atomic E-state index is 14.0. The molecule has 0 spiro atoms. The van der Waals surface area contributed by atoms with Gasteiger partial charge in [0.2, 0.25) is 5.95 Å². The molecule has 3 heterocycles. The molecule has 0 unspecified atom stereocenters. The Kier molecular flexibility index (Phi) is 8.20. The average Bonchev–Trinajstić information content (AvgIpc) is 3.31. The third kappa shape index (κ3) is 6.26. The number of fused-ring (bicyclic) bond motifs is 1. The number of hydrogen-bond acceptors (Lipinski definition) is 7. The number of amides is 2. The van der Waals surface area contributed by atoms with Gasteiger partial charge in [-0.15, -0.1) is 0 Å². The van der Waals surface area contributed by atoms with Crippen LogP contribution in [0.3, 0.4) is 0 Å². The Hall–Kier alpha value is -3.55. The molecule has 1 fully saturated rings. The number of H-pyrrole nitrogens is 1. The SMILES string of the molecule is COC(=O)N(C)c1ccc2c(-c3nc(N[C@H]4CCCN(C(=O)OC(C)(C)C)C4)ncc3C(F)(F)F)c[nH]c2c1Br. The van der Waals surface area contributed by atoms with Crippen LogP contribution in [0.5, 0.6) is 0 Å². The van der Waals surface area contributed by atoms with E-state index in [2.05, 4.69) is 36.2 Å². The summed E-state index contributed by atoms with van der Waals surface area (Å²) < 4.78 is 52.8. The Morgan fingerprint density at radius 1 is 1.25 bits per heavy atom. The van der Waals surface area contributed by atoms with E-state index in [1.165, 1.54) is 25.3 Å². The molecule has 4 rings (SSSR count). The van der Waals surface area contributed by atoms with Gasteiger partial charge in [0.15, 0.2) is 0 Å². The fourth-order valence-corrected chi connectivity index (χ4v) is 5.20. The van der Waals surface area contributed by atoms with Crippen LogP contribution in [0, 0.1) is 0 Å². The number of piperidine rings is 1. The van der Waals surface area contributed by atoms with E-state index in [0.29, 0.717) is 47.0 Å². The molecule has 40 heavy (non-hydrogen) atoms. The van der Waals surface area contributed by atoms with Gasteiger partial charge in [-0.2, -0.15) is 13.2 Å². The number of halogens is 4. The number of hydrogen-bond donors (Lipinski definition) is 2. The summed E-state index contributed by atoms with van der Waals surface area (Å²) in [6, 6.07) is 2.93. The third-order valence-electron chi connectivity index (χ3n) is 6.34. The molecule has 1 atom stereocenters. The highest BCUT2D eigenvalue weighted by Gasteiger charge is 2.37. The fourth-order valence-electron chi connectivity index (χ4n) is 4.48. The Balaban J connectivity index is 1.67. The minimum atomic E-state index is -4.71. The van der Waals surface area contributed by atoms with E-state index >= 15 is 0 Å². The average molecular weight is 627 g/mol. The molecule has 3 aromatic rings. The van der Waals surface area contributed by atoms with Crippen LogP contribution in [-0.2, 0) is 15.7 Å². The van der Waals surface area contributed by atoms with Crippen molar-refractivity contribution in [3.63, 3.8) is 0 Å². The van der Waals surface area contributed by atoms with Gasteiger partial charge in [0.1, 0.15) is 11.2 Å². The summed E-state index contributed by atoms with van der Waals surface area (Å²) in [7, 11) is 2.76. The number of carbonyl (C=O) groups is 2. The van der Waals surface area contributed by atoms with Crippen molar-refractivity contribution in [2.75, 3.05) is 37.5 Å². The summed E-state index contributed by atoms with van der Waals surface area (Å²) in [6.45, 7) is 6.16. The Morgan fingerprint density at radius 2 is 1.98 bits per heavy atom. The largest absolute Gasteiger partial charge is 0.452 e. The molecule has 1 saturated heterocycles. The summed E-state index contributed by atoms with van der Waals surface area (Å²) in [6.07, 6.45) is -2.22. The first kappa shape index (κ1) is 29.4. The molecular weight excluding hydrogens is 597 g/mol. The van der Waals surface area contributed by atoms with Crippen LogP contribution in [0.4, 0.5) is 34.4 Å². The van der Waals surface area contributed by atoms with E-state index < -0.39 is 29.5 Å². The van der Waals surface area contributed by atoms with Crippen molar-refractivity contribution in [3.05, 3.63) is 34.6 Å². The highest BCUT2D eigenvalue weighted by atomic mass is 79.9. The maximum Gasteiger partial charge on any atom is 0.419 e. The molecule has 0 radical (unpaired) electrons. The van der Waals surface area contributed by atoms with Crippen molar-refractivity contribution in [2.45, 2.75) is 51.4 Å². The van der Waals surface area contributed by atoms with Gasteiger partial charge in [-0.3, -0.25) is 4.90 Å². The quantitative estimate of drug-likeness (QED) is 0.343. The summed E-state index contributed by atoms with van der Waals surface area (Å²) in [5.41, 5.74) is -0.806. The predicted octanol–water partition coefficient (Wildman–Crippen LogP) is 6.42. The van der Waals surface area contributed by atoms with Crippen molar-refractivity contribution < 1.29 is 32.2 Å². The van der Waals surface area contributed by atoms with Gasteiger partial charge in [-0.05, 0) is 61.7 Å². The topological polar surface area (TPSA) is 113 Å². The highest BCUT2D eigenvalue weighted by molar-refractivity contribution is 9.10. The van der Waals surface area contributed by atoms with E-state index in [4.69, 9.17) is 9.47 Å². The summed E-state index contributed by atoms with van der Waals surface area (Å²) in [5.74, 6) is 0.00880. The monoisotopic (exact) mass is 626 g/mol. The number of likely N-dealkylation sites (tertiary alicyclic amines) is 1. The lowest BCUT2D eigenvalue weighted by molar-refractivity contribution is -0.137. The number of rotatable bonds is 4. The number of ether oxygens (including phenoxy) is 2. The molecule has 1 aliphatic rings. The van der Waals surface area contributed by atoms with Crippen LogP contribution in [0.15, 0.2) is 29.0 Å². The molecule has 2 amide bonds. The van der Waals surface area contributed by atoms with Crippen LogP contribution in [0.25, 0.3) is 22.2 Å². The number of nitrogens with zero attached hydrogens (tertiary/aromatic N) is 4. The highest BCUT2D eigenvalue weighted by Crippen LogP contribution is 2.42. The van der Waals surface area contributed by atoms with Crippen molar-refractivity contribution in [1.29, 1.82) is 0 Å². The first-order valence-electron chi connectivity index (χ1n) is 12.5. The van der Waals surface area contributed by atoms with Crippen molar-refractivity contribution in [1.82, 2.24) is 19.9 Å². The number of alkyl halides is 3. The zero-order valence-electron chi connectivity index (χ0n) is 22.6. The Morgan fingerprint density at radius 3 is 2.62 bits per heavy atom. The molecule has 0 bridgehead atoms.